The molecule has 5 aromatic rings. The number of rotatable bonds is 10. The summed E-state index contributed by atoms with van der Waals surface area (Å²) in [5.74, 6) is -0.0263. The van der Waals surface area contributed by atoms with Crippen LogP contribution in [0, 0.1) is 0 Å². The summed E-state index contributed by atoms with van der Waals surface area (Å²) in [6.07, 6.45) is 2.26. The fourth-order valence-corrected chi connectivity index (χ4v) is 6.26. The second-order valence-corrected chi connectivity index (χ2v) is 11.7. The number of thiophene rings is 2. The van der Waals surface area contributed by atoms with Gasteiger partial charge in [0.05, 0.1) is 0 Å². The van der Waals surface area contributed by atoms with Crippen LogP contribution in [0.2, 0.25) is 0 Å². The van der Waals surface area contributed by atoms with Crippen molar-refractivity contribution < 1.29 is 14.6 Å². The highest BCUT2D eigenvalue weighted by atomic mass is 35.5. The Morgan fingerprint density at radius 3 is 1.79 bits per heavy atom. The molecule has 1 atom stereocenters. The fourth-order valence-electron chi connectivity index (χ4n) is 3.92. The summed E-state index contributed by atoms with van der Waals surface area (Å²) in [6.45, 7) is 0. The maximum atomic E-state index is 10.9. The van der Waals surface area contributed by atoms with Gasteiger partial charge in [-0.3, -0.25) is 0 Å². The lowest BCUT2D eigenvalue weighted by Gasteiger charge is -2.11. The Morgan fingerprint density at radius 1 is 0.816 bits per heavy atom. The van der Waals surface area contributed by atoms with Gasteiger partial charge < -0.3 is 9.84 Å². The molecule has 1 unspecified atom stereocenters. The Hall–Kier alpha value is -3.29. The lowest BCUT2D eigenvalue weighted by atomic mass is 9.95. The van der Waals surface area contributed by atoms with E-state index in [-0.39, 0.29) is 0 Å². The molecule has 1 N–H and O–H groups in total. The molecule has 0 amide bonds. The Balaban J connectivity index is 1.36. The highest BCUT2D eigenvalue weighted by Crippen LogP contribution is 2.32. The first-order valence-electron chi connectivity index (χ1n) is 11.8. The second-order valence-electron chi connectivity index (χ2n) is 8.28. The van der Waals surface area contributed by atoms with Gasteiger partial charge in [0.15, 0.2) is 0 Å². The molecule has 3 aromatic carbocycles. The predicted molar refractivity (Wildman–Crippen MR) is 162 cm³/mol. The van der Waals surface area contributed by atoms with Crippen molar-refractivity contribution in [3.8, 4) is 26.6 Å². The molecular formula is C31H23ClO3S3. The molecule has 5 rings (SSSR count). The first kappa shape index (κ1) is 26.3. The summed E-state index contributed by atoms with van der Waals surface area (Å²) in [7, 11) is 0. The van der Waals surface area contributed by atoms with E-state index in [0.29, 0.717) is 5.75 Å². The third-order valence-electron chi connectivity index (χ3n) is 5.80. The van der Waals surface area contributed by atoms with Crippen LogP contribution < -0.4 is 4.74 Å². The van der Waals surface area contributed by atoms with Crippen LogP contribution in [-0.4, -0.2) is 22.4 Å². The van der Waals surface area contributed by atoms with E-state index >= 15 is 0 Å². The highest BCUT2D eigenvalue weighted by molar-refractivity contribution is 7.99. The minimum Gasteiger partial charge on any atom is -0.478 e. The molecule has 0 spiro atoms. The quantitative estimate of drug-likeness (QED) is 0.133. The fraction of sp³-hybridized carbons (Fsp3) is 0.0645. The van der Waals surface area contributed by atoms with Gasteiger partial charge in [-0.2, -0.15) is 0 Å². The topological polar surface area (TPSA) is 46.5 Å². The Morgan fingerprint density at radius 2 is 1.34 bits per heavy atom. The zero-order valence-corrected chi connectivity index (χ0v) is 23.3. The third kappa shape index (κ3) is 6.58. The molecule has 0 aliphatic carbocycles. The molecular weight excluding hydrogens is 552 g/mol. The van der Waals surface area contributed by atoms with Gasteiger partial charge in [0.1, 0.15) is 5.75 Å². The van der Waals surface area contributed by atoms with E-state index in [0.717, 1.165) is 10.6 Å². The van der Waals surface area contributed by atoms with Crippen molar-refractivity contribution in [3.05, 3.63) is 125 Å². The lowest BCUT2D eigenvalue weighted by Crippen LogP contribution is -2.20. The van der Waals surface area contributed by atoms with Gasteiger partial charge in [-0.1, -0.05) is 78.3 Å². The van der Waals surface area contributed by atoms with E-state index in [1.165, 1.54) is 37.6 Å². The number of carbonyl (C=O) groups is 1. The van der Waals surface area contributed by atoms with Gasteiger partial charge >= 0.3 is 5.97 Å². The summed E-state index contributed by atoms with van der Waals surface area (Å²) in [5.41, 5.74) is 4.54. The molecule has 0 saturated carbocycles. The number of halogens is 1. The maximum absolute atomic E-state index is 10.9. The van der Waals surface area contributed by atoms with Crippen molar-refractivity contribution in [2.24, 2.45) is 0 Å². The molecule has 0 radical (unpaired) electrons. The molecule has 190 valence electrons. The van der Waals surface area contributed by atoms with Crippen LogP contribution in [0.4, 0.5) is 0 Å². The van der Waals surface area contributed by atoms with Gasteiger partial charge in [-0.15, -0.1) is 34.4 Å². The highest BCUT2D eigenvalue weighted by Gasteiger charge is 2.15. The molecule has 2 aromatic heterocycles. The molecule has 3 nitrogen and oxygen atoms in total. The van der Waals surface area contributed by atoms with Crippen molar-refractivity contribution in [3.63, 3.8) is 0 Å². The number of ether oxygens (including phenoxy) is 1. The largest absolute Gasteiger partial charge is 0.478 e. The second kappa shape index (κ2) is 12.5. The summed E-state index contributed by atoms with van der Waals surface area (Å²) >= 11 is 10.8. The average molecular weight is 575 g/mol. The van der Waals surface area contributed by atoms with Crippen molar-refractivity contribution in [1.82, 2.24) is 0 Å². The smallest absolute Gasteiger partial charge is 0.360 e. The zero-order chi connectivity index (χ0) is 26.3. The summed E-state index contributed by atoms with van der Waals surface area (Å²) in [5, 5.41) is 13.1. The van der Waals surface area contributed by atoms with Crippen LogP contribution in [0.15, 0.2) is 119 Å². The van der Waals surface area contributed by atoms with Crippen LogP contribution >= 0.6 is 46.0 Å². The van der Waals surface area contributed by atoms with Crippen LogP contribution in [0.3, 0.4) is 0 Å². The van der Waals surface area contributed by atoms with Gasteiger partial charge in [0, 0.05) is 20.4 Å². The van der Waals surface area contributed by atoms with Crippen LogP contribution in [0.25, 0.3) is 26.5 Å². The number of hydrogen-bond donors (Lipinski definition) is 1. The van der Waals surface area contributed by atoms with Gasteiger partial charge in [-0.05, 0) is 75.0 Å². The van der Waals surface area contributed by atoms with E-state index in [1.807, 2.05) is 12.1 Å². The number of hydrogen-bond acceptors (Lipinski definition) is 5. The van der Waals surface area contributed by atoms with Crippen molar-refractivity contribution in [2.75, 3.05) is 5.75 Å². The number of benzene rings is 3. The van der Waals surface area contributed by atoms with E-state index in [4.69, 9.17) is 21.4 Å². The number of carboxylic acid groups (broad SMARTS) is 1. The molecule has 38 heavy (non-hydrogen) atoms. The predicted octanol–water partition coefficient (Wildman–Crippen LogP) is 9.40. The number of aliphatic carboxylic acids is 1. The van der Waals surface area contributed by atoms with Gasteiger partial charge in [0.2, 0.25) is 0 Å². The molecule has 7 heteroatoms. The Labute approximate surface area is 239 Å². The molecule has 0 saturated heterocycles. The molecule has 0 fully saturated rings. The van der Waals surface area contributed by atoms with Crippen LogP contribution in [0.5, 0.6) is 5.75 Å². The molecule has 0 aliphatic heterocycles. The van der Waals surface area contributed by atoms with E-state index in [1.54, 1.807) is 46.6 Å². The van der Waals surface area contributed by atoms with Crippen LogP contribution in [-0.2, 0) is 4.79 Å². The normalized spacial score (nSPS) is 11.6. The SMILES string of the molecule is O=C(O)C(Cl)Oc1ccc(SCC=C(c2ccc(-c3cccs3)cc2)c2ccc(-c3cccs3)cc2)cc1. The molecule has 0 aliphatic rings. The monoisotopic (exact) mass is 574 g/mol. The van der Waals surface area contributed by atoms with Crippen molar-refractivity contribution in [1.29, 1.82) is 0 Å². The number of alkyl halides is 1. The first-order valence-corrected chi connectivity index (χ1v) is 15.0. The third-order valence-corrected chi connectivity index (χ3v) is 8.85. The average Bonchev–Trinajstić information content (AvgIpc) is 3.68. The molecule has 2 heterocycles. The zero-order valence-electron chi connectivity index (χ0n) is 20.1. The standard InChI is InChI=1S/C31H23ClO3S3/c32-30(31(33)34)35-25-13-15-26(16-14-25)36-20-17-27(21-5-9-23(10-6-21)28-3-1-18-37-28)22-7-11-24(12-8-22)29-4-2-19-38-29/h1-19,30H,20H2,(H,33,34). The van der Waals surface area contributed by atoms with E-state index in [2.05, 4.69) is 89.6 Å². The lowest BCUT2D eigenvalue weighted by molar-refractivity contribution is -0.141. The van der Waals surface area contributed by atoms with E-state index in [9.17, 15) is 4.79 Å². The minimum absolute atomic E-state index is 0.421. The van der Waals surface area contributed by atoms with Crippen molar-refractivity contribution >= 4 is 57.6 Å². The van der Waals surface area contributed by atoms with Crippen molar-refractivity contribution in [2.45, 2.75) is 10.5 Å². The Kier molecular flexibility index (Phi) is 8.66. The van der Waals surface area contributed by atoms with Gasteiger partial charge in [0.25, 0.3) is 5.56 Å². The number of carboxylic acids is 1. The summed E-state index contributed by atoms with van der Waals surface area (Å²) in [4.78, 5) is 14.5. The summed E-state index contributed by atoms with van der Waals surface area (Å²) < 4.78 is 5.21. The summed E-state index contributed by atoms with van der Waals surface area (Å²) in [6, 6.07) is 33.2. The molecule has 0 bridgehead atoms. The minimum atomic E-state index is -1.41. The Bertz CT molecular complexity index is 1410. The first-order chi connectivity index (χ1) is 18.6. The maximum Gasteiger partial charge on any atom is 0.360 e. The van der Waals surface area contributed by atoms with E-state index < -0.39 is 11.5 Å². The van der Waals surface area contributed by atoms with Gasteiger partial charge in [-0.25, -0.2) is 4.79 Å². The number of thioether (sulfide) groups is 1. The van der Waals surface area contributed by atoms with Crippen LogP contribution in [0.1, 0.15) is 11.1 Å².